The van der Waals surface area contributed by atoms with Crippen molar-refractivity contribution < 1.29 is 32.6 Å². The lowest BCUT2D eigenvalue weighted by molar-refractivity contribution is -0.139. The zero-order valence-electron chi connectivity index (χ0n) is 16.1. The number of rotatable bonds is 7. The second-order valence-electron chi connectivity index (χ2n) is 6.47. The molecule has 1 aromatic heterocycles. The first-order valence-corrected chi connectivity index (χ1v) is 11.1. The standard InChI is InChI=1S/C20H17BrN2O7S/c1-30-20(27)22-16(19(25)26)10-18(24)15-11-23(17-8-7-12(21)9-14(15)17)31(28,29)13-5-3-2-4-6-13/h2-9,11,16H,10H2,1H3,(H,22,27)(H,25,26). The first-order chi connectivity index (χ1) is 14.6. The number of aliphatic carboxylic acids is 1. The summed E-state index contributed by atoms with van der Waals surface area (Å²) in [4.78, 5) is 35.8. The Morgan fingerprint density at radius 2 is 1.84 bits per heavy atom. The molecule has 31 heavy (non-hydrogen) atoms. The molecule has 11 heteroatoms. The van der Waals surface area contributed by atoms with Crippen LogP contribution in [0.2, 0.25) is 0 Å². The summed E-state index contributed by atoms with van der Waals surface area (Å²) >= 11 is 3.30. The van der Waals surface area contributed by atoms with E-state index in [-0.39, 0.29) is 16.0 Å². The van der Waals surface area contributed by atoms with Crippen LogP contribution in [-0.2, 0) is 19.6 Å². The molecule has 1 atom stereocenters. The number of carbonyl (C=O) groups is 3. The predicted molar refractivity (Wildman–Crippen MR) is 115 cm³/mol. The van der Waals surface area contributed by atoms with E-state index in [0.29, 0.717) is 9.86 Å². The molecule has 162 valence electrons. The quantitative estimate of drug-likeness (QED) is 0.468. The van der Waals surface area contributed by atoms with E-state index in [1.165, 1.54) is 24.4 Å². The summed E-state index contributed by atoms with van der Waals surface area (Å²) in [5.74, 6) is -2.09. The van der Waals surface area contributed by atoms with Gasteiger partial charge in [-0.1, -0.05) is 34.1 Å². The van der Waals surface area contributed by atoms with E-state index >= 15 is 0 Å². The minimum absolute atomic E-state index is 0.00808. The normalized spacial score (nSPS) is 12.3. The number of ether oxygens (including phenoxy) is 1. The minimum Gasteiger partial charge on any atom is -0.480 e. The summed E-state index contributed by atoms with van der Waals surface area (Å²) in [6.45, 7) is 0. The second kappa shape index (κ2) is 8.90. The fourth-order valence-corrected chi connectivity index (χ4v) is 4.75. The molecule has 2 N–H and O–H groups in total. The average Bonchev–Trinajstić information content (AvgIpc) is 3.13. The Hall–Kier alpha value is -3.18. The highest BCUT2D eigenvalue weighted by molar-refractivity contribution is 9.10. The van der Waals surface area contributed by atoms with Crippen molar-refractivity contribution in [1.29, 1.82) is 0 Å². The summed E-state index contributed by atoms with van der Waals surface area (Å²) < 4.78 is 32.3. The molecular formula is C20H17BrN2O7S. The number of methoxy groups -OCH3 is 1. The molecule has 0 saturated heterocycles. The Kier molecular flexibility index (Phi) is 6.46. The highest BCUT2D eigenvalue weighted by Crippen LogP contribution is 2.29. The number of carbonyl (C=O) groups excluding carboxylic acids is 2. The van der Waals surface area contributed by atoms with Gasteiger partial charge >= 0.3 is 12.1 Å². The van der Waals surface area contributed by atoms with Crippen molar-refractivity contribution in [2.75, 3.05) is 7.11 Å². The van der Waals surface area contributed by atoms with E-state index in [4.69, 9.17) is 0 Å². The van der Waals surface area contributed by atoms with E-state index in [9.17, 15) is 27.9 Å². The number of hydrogen-bond donors (Lipinski definition) is 2. The number of hydrogen-bond acceptors (Lipinski definition) is 6. The summed E-state index contributed by atoms with van der Waals surface area (Å²) in [5, 5.41) is 11.7. The van der Waals surface area contributed by atoms with Crippen LogP contribution in [0.4, 0.5) is 4.79 Å². The smallest absolute Gasteiger partial charge is 0.407 e. The van der Waals surface area contributed by atoms with Crippen LogP contribution in [-0.4, -0.2) is 48.5 Å². The molecule has 0 bridgehead atoms. The van der Waals surface area contributed by atoms with Gasteiger partial charge in [-0.25, -0.2) is 22.0 Å². The minimum atomic E-state index is -4.02. The van der Waals surface area contributed by atoms with E-state index in [2.05, 4.69) is 26.0 Å². The molecule has 0 radical (unpaired) electrons. The third-order valence-electron chi connectivity index (χ3n) is 4.50. The first kappa shape index (κ1) is 22.5. The number of nitrogens with one attached hydrogen (secondary N) is 1. The topological polar surface area (TPSA) is 132 Å². The fraction of sp³-hybridized carbons (Fsp3) is 0.150. The number of halogens is 1. The number of nitrogens with zero attached hydrogens (tertiary/aromatic N) is 1. The largest absolute Gasteiger partial charge is 0.480 e. The first-order valence-electron chi connectivity index (χ1n) is 8.87. The van der Waals surface area contributed by atoms with Gasteiger partial charge in [-0.2, -0.15) is 0 Å². The Labute approximate surface area is 185 Å². The maximum absolute atomic E-state index is 13.2. The van der Waals surface area contributed by atoms with Crippen molar-refractivity contribution in [1.82, 2.24) is 9.29 Å². The van der Waals surface area contributed by atoms with Gasteiger partial charge in [0, 0.05) is 28.0 Å². The number of ketones is 1. The van der Waals surface area contributed by atoms with Crippen molar-refractivity contribution >= 4 is 54.7 Å². The van der Waals surface area contributed by atoms with Gasteiger partial charge < -0.3 is 15.2 Å². The van der Waals surface area contributed by atoms with Gasteiger partial charge in [0.05, 0.1) is 17.5 Å². The maximum atomic E-state index is 13.2. The van der Waals surface area contributed by atoms with Gasteiger partial charge in [0.2, 0.25) is 0 Å². The predicted octanol–water partition coefficient (Wildman–Crippen LogP) is 3.02. The van der Waals surface area contributed by atoms with Crippen molar-refractivity contribution in [3.8, 4) is 0 Å². The van der Waals surface area contributed by atoms with Crippen molar-refractivity contribution in [2.45, 2.75) is 17.4 Å². The summed E-state index contributed by atoms with van der Waals surface area (Å²) in [6.07, 6.45) is -0.433. The van der Waals surface area contributed by atoms with E-state index in [1.807, 2.05) is 0 Å². The van der Waals surface area contributed by atoms with Gasteiger partial charge in [-0.3, -0.25) is 4.79 Å². The number of Topliss-reactive ketones (excluding diaryl/α,β-unsaturated/α-hetero) is 1. The van der Waals surface area contributed by atoms with Crippen LogP contribution in [0, 0.1) is 0 Å². The van der Waals surface area contributed by atoms with Crippen LogP contribution in [0.1, 0.15) is 16.8 Å². The number of aromatic nitrogens is 1. The molecular weight excluding hydrogens is 492 g/mol. The summed E-state index contributed by atoms with van der Waals surface area (Å²) in [7, 11) is -2.95. The Morgan fingerprint density at radius 3 is 2.45 bits per heavy atom. The van der Waals surface area contributed by atoms with Crippen LogP contribution in [0.3, 0.4) is 0 Å². The molecule has 1 heterocycles. The molecule has 0 fully saturated rings. The van der Waals surface area contributed by atoms with E-state index in [0.717, 1.165) is 11.1 Å². The number of alkyl carbamates (subject to hydrolysis) is 1. The number of fused-ring (bicyclic) bond motifs is 1. The molecule has 1 unspecified atom stereocenters. The highest BCUT2D eigenvalue weighted by Gasteiger charge is 2.28. The lowest BCUT2D eigenvalue weighted by Gasteiger charge is -2.12. The second-order valence-corrected chi connectivity index (χ2v) is 9.20. The molecule has 0 aliphatic carbocycles. The lowest BCUT2D eigenvalue weighted by atomic mass is 10.0. The number of benzene rings is 2. The molecule has 3 rings (SSSR count). The van der Waals surface area contributed by atoms with Crippen LogP contribution in [0.25, 0.3) is 10.9 Å². The van der Waals surface area contributed by atoms with Crippen LogP contribution in [0.15, 0.2) is 64.1 Å². The zero-order chi connectivity index (χ0) is 22.8. The van der Waals surface area contributed by atoms with E-state index in [1.54, 1.807) is 30.3 Å². The number of carboxylic acid groups (broad SMARTS) is 1. The van der Waals surface area contributed by atoms with Crippen LogP contribution >= 0.6 is 15.9 Å². The maximum Gasteiger partial charge on any atom is 0.407 e. The van der Waals surface area contributed by atoms with Crippen LogP contribution < -0.4 is 5.32 Å². The Bertz CT molecular complexity index is 1270. The van der Waals surface area contributed by atoms with Gasteiger partial charge in [-0.05, 0) is 30.3 Å². The fourth-order valence-electron chi connectivity index (χ4n) is 3.00. The SMILES string of the molecule is COC(=O)NC(CC(=O)c1cn(S(=O)(=O)c2ccccc2)c2ccc(Br)cc12)C(=O)O. The highest BCUT2D eigenvalue weighted by atomic mass is 79.9. The molecule has 0 aliphatic rings. The zero-order valence-corrected chi connectivity index (χ0v) is 18.5. The number of carboxylic acids is 1. The molecule has 1 amide bonds. The lowest BCUT2D eigenvalue weighted by Crippen LogP contribution is -2.42. The van der Waals surface area contributed by atoms with Crippen molar-refractivity contribution in [3.05, 3.63) is 64.8 Å². The van der Waals surface area contributed by atoms with Gasteiger partial charge in [0.25, 0.3) is 10.0 Å². The monoisotopic (exact) mass is 508 g/mol. The third kappa shape index (κ3) is 4.62. The Balaban J connectivity index is 2.09. The molecule has 2 aromatic carbocycles. The van der Waals surface area contributed by atoms with Crippen LogP contribution in [0.5, 0.6) is 0 Å². The molecule has 0 aliphatic heterocycles. The van der Waals surface area contributed by atoms with E-state index < -0.39 is 40.3 Å². The molecule has 3 aromatic rings. The summed E-state index contributed by atoms with van der Waals surface area (Å²) in [6, 6.07) is 10.9. The van der Waals surface area contributed by atoms with Gasteiger partial charge in [0.1, 0.15) is 6.04 Å². The van der Waals surface area contributed by atoms with Crippen molar-refractivity contribution in [2.24, 2.45) is 0 Å². The van der Waals surface area contributed by atoms with Gasteiger partial charge in [-0.15, -0.1) is 0 Å². The average molecular weight is 509 g/mol. The van der Waals surface area contributed by atoms with Crippen molar-refractivity contribution in [3.63, 3.8) is 0 Å². The third-order valence-corrected chi connectivity index (χ3v) is 6.68. The van der Waals surface area contributed by atoms with Gasteiger partial charge in [0.15, 0.2) is 5.78 Å². The molecule has 0 spiro atoms. The summed E-state index contributed by atoms with van der Waals surface area (Å²) in [5.41, 5.74) is 0.261. The molecule has 9 nitrogen and oxygen atoms in total. The number of amides is 1. The Morgan fingerprint density at radius 1 is 1.16 bits per heavy atom. The molecule has 0 saturated carbocycles.